The van der Waals surface area contributed by atoms with Crippen molar-refractivity contribution in [2.75, 3.05) is 0 Å². The van der Waals surface area contributed by atoms with Crippen LogP contribution in [0.25, 0.3) is 0 Å². The number of carbonyl (C=O) groups is 2. The zero-order valence-electron chi connectivity index (χ0n) is 8.94. The van der Waals surface area contributed by atoms with Gasteiger partial charge in [0, 0.05) is 4.57 Å². The summed E-state index contributed by atoms with van der Waals surface area (Å²) in [4.78, 5) is 35.9. The lowest BCUT2D eigenvalue weighted by atomic mass is 10.0. The Balaban J connectivity index is 0. The van der Waals surface area contributed by atoms with Gasteiger partial charge in [0.15, 0.2) is 0 Å². The van der Waals surface area contributed by atoms with Crippen LogP contribution in [0.5, 0.6) is 0 Å². The normalized spacial score (nSPS) is 9.81. The van der Waals surface area contributed by atoms with E-state index in [-0.39, 0.29) is 5.91 Å². The van der Waals surface area contributed by atoms with Gasteiger partial charge in [-0.2, -0.15) is 0 Å². The van der Waals surface area contributed by atoms with Gasteiger partial charge in [-0.3, -0.25) is 10.1 Å². The Morgan fingerprint density at radius 3 is 1.88 bits per heavy atom. The highest BCUT2D eigenvalue weighted by atomic mass is 79.9. The number of carbonyl (C=O) groups excluding carboxylic acids is 2. The number of nitrogens with one attached hydrogen (secondary N) is 1. The lowest BCUT2D eigenvalue weighted by Crippen LogP contribution is -2.46. The molecule has 0 unspecified atom stereocenters. The summed E-state index contributed by atoms with van der Waals surface area (Å²) in [5.74, 6) is -0.375. The maximum Gasteiger partial charge on any atom is 0.692 e. The van der Waals surface area contributed by atoms with Gasteiger partial charge in [0.05, 0.1) is 0 Å². The van der Waals surface area contributed by atoms with Crippen molar-refractivity contribution in [2.45, 2.75) is 31.0 Å². The second-order valence-electron chi connectivity index (χ2n) is 2.74. The molecule has 0 saturated carbocycles. The zero-order chi connectivity index (χ0) is 13.4. The number of alkyl halides is 1. The molecule has 3 amide bonds. The van der Waals surface area contributed by atoms with Gasteiger partial charge in [-0.05, 0) is 12.8 Å². The van der Waals surface area contributed by atoms with Crippen LogP contribution in [0.4, 0.5) is 4.79 Å². The van der Waals surface area contributed by atoms with Crippen LogP contribution in [0, 0.1) is 0 Å². The summed E-state index contributed by atoms with van der Waals surface area (Å²) in [5.41, 5.74) is 4.81. The van der Waals surface area contributed by atoms with Gasteiger partial charge >= 0.3 is 14.3 Å². The average molecular weight is 318 g/mol. The largest absolute Gasteiger partial charge is 0.692 e. The quantitative estimate of drug-likeness (QED) is 0.451. The van der Waals surface area contributed by atoms with Gasteiger partial charge in [-0.1, -0.05) is 29.8 Å². The Hall–Kier alpha value is -0.560. The smallest absolute Gasteiger partial charge is 0.351 e. The Bertz CT molecular complexity index is 266. The highest BCUT2D eigenvalue weighted by Crippen LogP contribution is 2.26. The van der Waals surface area contributed by atoms with E-state index in [0.29, 0.717) is 12.8 Å². The first-order valence-electron chi connectivity index (χ1n) is 4.34. The summed E-state index contributed by atoms with van der Waals surface area (Å²) in [6.45, 7) is 3.72. The maximum absolute atomic E-state index is 11.3. The molecule has 0 radical (unpaired) electrons. The third-order valence-corrected chi connectivity index (χ3v) is 3.25. The standard InChI is InChI=1S/C7H13BrN2O2.HO3P/c1-3-7(8,4-2)5(11)10-6(9)12;1-4(2)3/h3-4H2,1-2H3,(H3,9,10,11,12);(H-,1,2,3)/p+1. The van der Waals surface area contributed by atoms with Crippen LogP contribution in [-0.2, 0) is 9.36 Å². The van der Waals surface area contributed by atoms with Crippen LogP contribution < -0.4 is 11.1 Å². The van der Waals surface area contributed by atoms with E-state index >= 15 is 0 Å². The van der Waals surface area contributed by atoms with Crippen LogP contribution in [0.2, 0.25) is 0 Å². The summed E-state index contributed by atoms with van der Waals surface area (Å²) >= 11 is 3.26. The Kier molecular flexibility index (Phi) is 9.55. The van der Waals surface area contributed by atoms with E-state index in [1.165, 1.54) is 0 Å². The molecule has 0 heterocycles. The SMILES string of the molecule is CCC(Br)(CC)C(=O)NC(N)=O.O=[P+](O)O. The van der Waals surface area contributed by atoms with Gasteiger partial charge < -0.3 is 5.73 Å². The van der Waals surface area contributed by atoms with Crippen LogP contribution in [0.15, 0.2) is 0 Å². The molecule has 7 nitrogen and oxygen atoms in total. The van der Waals surface area contributed by atoms with Crippen molar-refractivity contribution in [1.29, 1.82) is 0 Å². The van der Waals surface area contributed by atoms with E-state index in [1.807, 2.05) is 19.2 Å². The molecule has 0 aromatic rings. The maximum atomic E-state index is 11.3. The van der Waals surface area contributed by atoms with Crippen molar-refractivity contribution in [2.24, 2.45) is 5.73 Å². The highest BCUT2D eigenvalue weighted by molar-refractivity contribution is 9.10. The molecular weight excluding hydrogens is 303 g/mol. The summed E-state index contributed by atoms with van der Waals surface area (Å²) in [6.07, 6.45) is 1.23. The van der Waals surface area contributed by atoms with E-state index < -0.39 is 18.6 Å². The molecule has 94 valence electrons. The average Bonchev–Trinajstić information content (AvgIpc) is 2.14. The summed E-state index contributed by atoms with van der Waals surface area (Å²) in [6, 6.07) is -0.814. The number of rotatable bonds is 3. The third kappa shape index (κ3) is 8.72. The Morgan fingerprint density at radius 2 is 1.69 bits per heavy atom. The fourth-order valence-electron chi connectivity index (χ4n) is 0.795. The predicted octanol–water partition coefficient (Wildman–Crippen LogP) is 0.763. The number of urea groups is 1. The number of halogens is 1. The minimum absolute atomic E-state index is 0.375. The molecular formula is C7H15BrN2O5P+. The first kappa shape index (κ1) is 17.8. The fraction of sp³-hybridized carbons (Fsp3) is 0.714. The second-order valence-corrected chi connectivity index (χ2v) is 4.77. The van der Waals surface area contributed by atoms with E-state index in [1.54, 1.807) is 0 Å². The van der Waals surface area contributed by atoms with Crippen molar-refractivity contribution >= 4 is 36.1 Å². The van der Waals surface area contributed by atoms with Crippen LogP contribution in [0.1, 0.15) is 26.7 Å². The van der Waals surface area contributed by atoms with E-state index in [9.17, 15) is 9.59 Å². The van der Waals surface area contributed by atoms with Crippen LogP contribution in [-0.4, -0.2) is 26.0 Å². The predicted molar refractivity (Wildman–Crippen MR) is 62.0 cm³/mol. The number of amides is 3. The molecule has 0 spiro atoms. The first-order chi connectivity index (χ1) is 7.19. The Morgan fingerprint density at radius 1 is 1.38 bits per heavy atom. The number of hydrogen-bond donors (Lipinski definition) is 4. The number of hydrogen-bond acceptors (Lipinski definition) is 3. The molecule has 0 aliphatic rings. The molecule has 0 rings (SSSR count). The van der Waals surface area contributed by atoms with Gasteiger partial charge in [-0.25, -0.2) is 4.79 Å². The summed E-state index contributed by atoms with van der Waals surface area (Å²) in [7, 11) is -2.87. The van der Waals surface area contributed by atoms with Gasteiger partial charge in [0.1, 0.15) is 4.32 Å². The summed E-state index contributed by atoms with van der Waals surface area (Å²) < 4.78 is 8.04. The zero-order valence-corrected chi connectivity index (χ0v) is 11.4. The molecule has 0 bridgehead atoms. The molecule has 5 N–H and O–H groups in total. The Labute approximate surface area is 102 Å². The van der Waals surface area contributed by atoms with Crippen molar-refractivity contribution in [1.82, 2.24) is 5.32 Å². The topological polar surface area (TPSA) is 130 Å². The monoisotopic (exact) mass is 317 g/mol. The molecule has 0 atom stereocenters. The lowest BCUT2D eigenvalue weighted by molar-refractivity contribution is -0.122. The molecule has 0 aromatic heterocycles. The minimum Gasteiger partial charge on any atom is -0.351 e. The summed E-state index contributed by atoms with van der Waals surface area (Å²) in [5, 5.41) is 2.04. The van der Waals surface area contributed by atoms with E-state index in [0.717, 1.165) is 0 Å². The highest BCUT2D eigenvalue weighted by Gasteiger charge is 2.32. The van der Waals surface area contributed by atoms with Crippen molar-refractivity contribution in [3.05, 3.63) is 0 Å². The van der Waals surface area contributed by atoms with Crippen LogP contribution in [0.3, 0.4) is 0 Å². The van der Waals surface area contributed by atoms with Crippen molar-refractivity contribution in [3.63, 3.8) is 0 Å². The fourth-order valence-corrected chi connectivity index (χ4v) is 0.894. The van der Waals surface area contributed by atoms with E-state index in [2.05, 4.69) is 15.9 Å². The minimum atomic E-state index is -2.87. The number of imide groups is 1. The van der Waals surface area contributed by atoms with Gasteiger partial charge in [0.2, 0.25) is 5.91 Å². The molecule has 0 aromatic carbocycles. The molecule has 0 saturated heterocycles. The van der Waals surface area contributed by atoms with Gasteiger partial charge in [-0.15, -0.1) is 9.79 Å². The van der Waals surface area contributed by atoms with Crippen molar-refractivity contribution < 1.29 is 23.9 Å². The molecule has 0 fully saturated rings. The first-order valence-corrected chi connectivity index (χ1v) is 6.30. The van der Waals surface area contributed by atoms with Crippen LogP contribution >= 0.6 is 24.2 Å². The molecule has 0 aliphatic heterocycles. The molecule has 9 heteroatoms. The van der Waals surface area contributed by atoms with Crippen molar-refractivity contribution in [3.8, 4) is 0 Å². The van der Waals surface area contributed by atoms with Gasteiger partial charge in [0.25, 0.3) is 0 Å². The number of nitrogens with two attached hydrogens (primary N) is 1. The lowest BCUT2D eigenvalue weighted by Gasteiger charge is -2.21. The van der Waals surface area contributed by atoms with E-state index in [4.69, 9.17) is 20.1 Å². The number of primary amides is 1. The third-order valence-electron chi connectivity index (χ3n) is 1.76. The second kappa shape index (κ2) is 8.58. The molecule has 0 aliphatic carbocycles. The molecule has 16 heavy (non-hydrogen) atoms.